The van der Waals surface area contributed by atoms with E-state index in [0.717, 1.165) is 0 Å². The maximum atomic E-state index is 13.1. The fourth-order valence-corrected chi connectivity index (χ4v) is 9.06. The number of rotatable bonds is 9. The summed E-state index contributed by atoms with van der Waals surface area (Å²) in [5.74, 6) is -0.151. The molecular formula is C21H40O4Si. The smallest absolute Gasteiger partial charge is 0.324 e. The number of ether oxygens (including phenoxy) is 2. The Bertz CT molecular complexity index is 470. The van der Waals surface area contributed by atoms with Gasteiger partial charge in [0.25, 0.3) is 0 Å². The summed E-state index contributed by atoms with van der Waals surface area (Å²) in [4.78, 5) is 26.1. The first-order valence-corrected chi connectivity index (χ1v) is 13.3. The van der Waals surface area contributed by atoms with Crippen LogP contribution in [0.3, 0.4) is 0 Å². The maximum Gasteiger partial charge on any atom is 0.324 e. The van der Waals surface area contributed by atoms with Crippen LogP contribution in [-0.2, 0) is 19.1 Å². The minimum absolute atomic E-state index is 0.271. The van der Waals surface area contributed by atoms with Crippen LogP contribution in [0.2, 0.25) is 24.2 Å². The van der Waals surface area contributed by atoms with Gasteiger partial charge in [-0.15, -0.1) is 0 Å². The van der Waals surface area contributed by atoms with E-state index < -0.39 is 30.8 Å². The molecule has 0 amide bonds. The Hall–Kier alpha value is -0.843. The molecule has 0 radical (unpaired) electrons. The van der Waals surface area contributed by atoms with Gasteiger partial charge in [-0.2, -0.15) is 0 Å². The molecule has 0 N–H and O–H groups in total. The normalized spacial score (nSPS) is 24.3. The lowest BCUT2D eigenvalue weighted by Crippen LogP contribution is -2.50. The molecule has 0 saturated heterocycles. The molecule has 0 aromatic heterocycles. The van der Waals surface area contributed by atoms with Crippen molar-refractivity contribution in [3.8, 4) is 0 Å². The van der Waals surface area contributed by atoms with Gasteiger partial charge in [-0.3, -0.25) is 9.59 Å². The van der Waals surface area contributed by atoms with Gasteiger partial charge >= 0.3 is 11.9 Å². The summed E-state index contributed by atoms with van der Waals surface area (Å²) in [7, 11) is -1.36. The van der Waals surface area contributed by atoms with Crippen LogP contribution in [0.4, 0.5) is 0 Å². The van der Waals surface area contributed by atoms with Gasteiger partial charge < -0.3 is 9.47 Å². The van der Waals surface area contributed by atoms with E-state index in [4.69, 9.17) is 9.47 Å². The third-order valence-electron chi connectivity index (χ3n) is 7.71. The zero-order valence-electron chi connectivity index (χ0n) is 18.2. The van der Waals surface area contributed by atoms with Gasteiger partial charge in [0.15, 0.2) is 5.41 Å². The zero-order chi connectivity index (χ0) is 20.2. The highest BCUT2D eigenvalue weighted by atomic mass is 28.3. The molecule has 0 heterocycles. The molecule has 152 valence electrons. The predicted octanol–water partition coefficient (Wildman–Crippen LogP) is 5.29. The summed E-state index contributed by atoms with van der Waals surface area (Å²) >= 11 is 0. The van der Waals surface area contributed by atoms with Crippen molar-refractivity contribution in [1.82, 2.24) is 0 Å². The van der Waals surface area contributed by atoms with E-state index in [1.165, 1.54) is 24.2 Å². The van der Waals surface area contributed by atoms with Gasteiger partial charge in [0.2, 0.25) is 0 Å². The molecule has 2 atom stereocenters. The summed E-state index contributed by atoms with van der Waals surface area (Å²) in [6.07, 6.45) is 0.563. The van der Waals surface area contributed by atoms with Crippen molar-refractivity contribution in [2.24, 2.45) is 22.7 Å². The first-order valence-electron chi connectivity index (χ1n) is 10.5. The fourth-order valence-electron chi connectivity index (χ4n) is 5.08. The van der Waals surface area contributed by atoms with Crippen LogP contribution in [-0.4, -0.2) is 33.2 Å². The van der Waals surface area contributed by atoms with E-state index in [9.17, 15) is 9.59 Å². The number of esters is 2. The molecule has 0 unspecified atom stereocenters. The molecule has 1 aliphatic carbocycles. The lowest BCUT2D eigenvalue weighted by atomic mass is 9.64. The summed E-state index contributed by atoms with van der Waals surface area (Å²) in [5, 5.41) is 0. The minimum Gasteiger partial charge on any atom is -0.465 e. The Kier molecular flexibility index (Phi) is 7.94. The first-order chi connectivity index (χ1) is 12.1. The first kappa shape index (κ1) is 23.2. The summed E-state index contributed by atoms with van der Waals surface area (Å²) in [5.41, 5.74) is -1.66. The average Bonchev–Trinajstić information content (AvgIpc) is 2.81. The van der Waals surface area contributed by atoms with Crippen LogP contribution >= 0.6 is 0 Å². The van der Waals surface area contributed by atoms with E-state index in [-0.39, 0.29) is 19.1 Å². The minimum atomic E-state index is -1.36. The molecule has 5 heteroatoms. The third-order valence-corrected chi connectivity index (χ3v) is 13.6. The van der Waals surface area contributed by atoms with Crippen molar-refractivity contribution in [1.29, 1.82) is 0 Å². The van der Waals surface area contributed by atoms with E-state index in [1.54, 1.807) is 13.8 Å². The molecule has 0 bridgehead atoms. The summed E-state index contributed by atoms with van der Waals surface area (Å²) in [6, 6.07) is 4.96. The maximum absolute atomic E-state index is 13.1. The zero-order valence-corrected chi connectivity index (χ0v) is 19.2. The molecule has 1 rings (SSSR count). The summed E-state index contributed by atoms with van der Waals surface area (Å²) in [6.45, 7) is 17.4. The van der Waals surface area contributed by atoms with Crippen LogP contribution in [0.25, 0.3) is 0 Å². The standard InChI is InChI=1S/C21H40O4Si/c1-9-24-18(22)21(19(23)25-10-2)14-17(16(6)20(21,7)8)15-26(11-3,12-4)13-5/h16-17H,9-15H2,1-8H3/t16-,17-/m0/s1. The van der Waals surface area contributed by atoms with Crippen molar-refractivity contribution in [2.75, 3.05) is 13.2 Å². The molecule has 0 spiro atoms. The molecule has 4 nitrogen and oxygen atoms in total. The monoisotopic (exact) mass is 384 g/mol. The van der Waals surface area contributed by atoms with Crippen LogP contribution in [0.15, 0.2) is 0 Å². The quantitative estimate of drug-likeness (QED) is 0.308. The van der Waals surface area contributed by atoms with Crippen LogP contribution < -0.4 is 0 Å². The van der Waals surface area contributed by atoms with E-state index >= 15 is 0 Å². The highest BCUT2D eigenvalue weighted by molar-refractivity contribution is 6.79. The Morgan fingerprint density at radius 3 is 1.69 bits per heavy atom. The Balaban J connectivity index is 3.35. The van der Waals surface area contributed by atoms with Crippen LogP contribution in [0.5, 0.6) is 0 Å². The van der Waals surface area contributed by atoms with Crippen molar-refractivity contribution in [3.05, 3.63) is 0 Å². The predicted molar refractivity (Wildman–Crippen MR) is 109 cm³/mol. The number of hydrogen-bond acceptors (Lipinski definition) is 4. The number of carbonyl (C=O) groups excluding carboxylic acids is 2. The van der Waals surface area contributed by atoms with E-state index in [1.807, 2.05) is 0 Å². The molecule has 0 aromatic rings. The molecule has 1 saturated carbocycles. The largest absolute Gasteiger partial charge is 0.465 e. The molecule has 0 aromatic carbocycles. The number of carbonyl (C=O) groups is 2. The van der Waals surface area contributed by atoms with E-state index in [0.29, 0.717) is 12.3 Å². The average molecular weight is 385 g/mol. The Morgan fingerprint density at radius 2 is 1.35 bits per heavy atom. The van der Waals surface area contributed by atoms with Gasteiger partial charge in [-0.1, -0.05) is 65.7 Å². The highest BCUT2D eigenvalue weighted by Crippen LogP contribution is 2.61. The van der Waals surface area contributed by atoms with Crippen LogP contribution in [0, 0.1) is 22.7 Å². The second-order valence-electron chi connectivity index (χ2n) is 8.59. The number of hydrogen-bond donors (Lipinski definition) is 0. The fraction of sp³-hybridized carbons (Fsp3) is 0.905. The lowest BCUT2D eigenvalue weighted by molar-refractivity contribution is -0.180. The Morgan fingerprint density at radius 1 is 0.923 bits per heavy atom. The molecule has 26 heavy (non-hydrogen) atoms. The van der Waals surface area contributed by atoms with Gasteiger partial charge in [-0.05, 0) is 37.5 Å². The van der Waals surface area contributed by atoms with Crippen molar-refractivity contribution in [2.45, 2.75) is 86.0 Å². The second kappa shape index (κ2) is 8.90. The summed E-state index contributed by atoms with van der Waals surface area (Å²) < 4.78 is 10.8. The van der Waals surface area contributed by atoms with Crippen molar-refractivity contribution < 1.29 is 19.1 Å². The van der Waals surface area contributed by atoms with Crippen LogP contribution in [0.1, 0.15) is 61.8 Å². The van der Waals surface area contributed by atoms with Gasteiger partial charge in [0, 0.05) is 0 Å². The molecule has 0 aliphatic heterocycles. The second-order valence-corrected chi connectivity index (χ2v) is 14.1. The van der Waals surface area contributed by atoms with Gasteiger partial charge in [0.05, 0.1) is 21.3 Å². The highest BCUT2D eigenvalue weighted by Gasteiger charge is 2.67. The lowest BCUT2D eigenvalue weighted by Gasteiger charge is -2.39. The van der Waals surface area contributed by atoms with Crippen molar-refractivity contribution in [3.63, 3.8) is 0 Å². The molecule has 1 aliphatic rings. The van der Waals surface area contributed by atoms with E-state index in [2.05, 4.69) is 41.5 Å². The van der Waals surface area contributed by atoms with Gasteiger partial charge in [-0.25, -0.2) is 0 Å². The van der Waals surface area contributed by atoms with Gasteiger partial charge in [0.1, 0.15) is 0 Å². The molecule has 1 fully saturated rings. The SMILES string of the molecule is CCOC(=O)C1(C(=O)OCC)C[C@@H](C[Si](CC)(CC)CC)[C@H](C)C1(C)C. The topological polar surface area (TPSA) is 52.6 Å². The Labute approximate surface area is 161 Å². The third kappa shape index (κ3) is 3.74. The molecular weight excluding hydrogens is 344 g/mol. The van der Waals surface area contributed by atoms with Crippen molar-refractivity contribution >= 4 is 20.0 Å².